The van der Waals surface area contributed by atoms with Crippen LogP contribution >= 0.6 is 0 Å². The molecule has 0 aliphatic heterocycles. The Morgan fingerprint density at radius 1 is 1.31 bits per heavy atom. The van der Waals surface area contributed by atoms with E-state index in [1.807, 2.05) is 0 Å². The third-order valence-electron chi connectivity index (χ3n) is 4.81. The Kier molecular flexibility index (Phi) is 6.86. The summed E-state index contributed by atoms with van der Waals surface area (Å²) < 4.78 is 48.3. The van der Waals surface area contributed by atoms with Crippen LogP contribution in [0.5, 0.6) is 0 Å². The Balaban J connectivity index is 2.32. The first-order valence-corrected chi connectivity index (χ1v) is 15.2. The summed E-state index contributed by atoms with van der Waals surface area (Å²) in [6.45, 7) is 11.6. The molecule has 0 aromatic heterocycles. The fourth-order valence-electron chi connectivity index (χ4n) is 3.39. The van der Waals surface area contributed by atoms with E-state index in [2.05, 4.69) is 24.4 Å². The highest BCUT2D eigenvalue weighted by atomic mass is 32.2. The monoisotopic (exact) mass is 444 g/mol. The van der Waals surface area contributed by atoms with Crippen molar-refractivity contribution in [2.75, 3.05) is 12.8 Å². The molecule has 0 saturated heterocycles. The Labute approximate surface area is 174 Å². The highest BCUT2D eigenvalue weighted by molar-refractivity contribution is 7.89. The number of carbonyl (C=O) groups excluding carboxylic acids is 1. The number of amides is 1. The lowest BCUT2D eigenvalue weighted by atomic mass is 10.1. The molecular formula is C20H33FN2O4SSi. The van der Waals surface area contributed by atoms with Gasteiger partial charge >= 0.3 is 6.09 Å². The van der Waals surface area contributed by atoms with E-state index in [1.54, 1.807) is 32.9 Å². The van der Waals surface area contributed by atoms with Gasteiger partial charge in [-0.2, -0.15) is 0 Å². The van der Waals surface area contributed by atoms with Crippen molar-refractivity contribution < 1.29 is 22.3 Å². The average Bonchev–Trinajstić information content (AvgIpc) is 2.88. The highest BCUT2D eigenvalue weighted by Crippen LogP contribution is 2.38. The minimum Gasteiger partial charge on any atom is -0.444 e. The van der Waals surface area contributed by atoms with E-state index in [-0.39, 0.29) is 5.75 Å². The maximum atomic E-state index is 14.7. The minimum atomic E-state index is -3.57. The van der Waals surface area contributed by atoms with Crippen LogP contribution in [0.2, 0.25) is 25.7 Å². The van der Waals surface area contributed by atoms with Crippen LogP contribution in [0.25, 0.3) is 0 Å². The first-order chi connectivity index (χ1) is 13.1. The summed E-state index contributed by atoms with van der Waals surface area (Å²) in [5.74, 6) is -0.423. The molecule has 29 heavy (non-hydrogen) atoms. The lowest BCUT2D eigenvalue weighted by Gasteiger charge is -2.32. The van der Waals surface area contributed by atoms with Crippen LogP contribution in [0.1, 0.15) is 37.9 Å². The average molecular weight is 445 g/mol. The van der Waals surface area contributed by atoms with E-state index in [1.165, 1.54) is 18.0 Å². The van der Waals surface area contributed by atoms with Gasteiger partial charge in [-0.3, -0.25) is 0 Å². The van der Waals surface area contributed by atoms with Crippen molar-refractivity contribution in [3.63, 3.8) is 0 Å². The molecule has 1 aliphatic carbocycles. The Morgan fingerprint density at radius 2 is 1.93 bits per heavy atom. The molecule has 2 atom stereocenters. The number of benzene rings is 1. The molecule has 0 radical (unpaired) electrons. The molecule has 2 rings (SSSR count). The fourth-order valence-corrected chi connectivity index (χ4v) is 7.70. The van der Waals surface area contributed by atoms with Gasteiger partial charge in [0.25, 0.3) is 0 Å². The first-order valence-electron chi connectivity index (χ1n) is 9.83. The summed E-state index contributed by atoms with van der Waals surface area (Å²) in [4.78, 5) is 13.9. The minimum absolute atomic E-state index is 0.0287. The van der Waals surface area contributed by atoms with Crippen LogP contribution in [0.4, 0.5) is 9.18 Å². The molecule has 1 N–H and O–H groups in total. The number of fused-ring (bicyclic) bond motifs is 1. The molecule has 0 saturated carbocycles. The zero-order valence-corrected chi connectivity index (χ0v) is 20.2. The quantitative estimate of drug-likeness (QED) is 0.675. The van der Waals surface area contributed by atoms with Gasteiger partial charge in [0.1, 0.15) is 11.4 Å². The second kappa shape index (κ2) is 8.35. The van der Waals surface area contributed by atoms with E-state index in [0.717, 1.165) is 0 Å². The molecule has 1 aromatic rings. The molecule has 0 bridgehead atoms. The van der Waals surface area contributed by atoms with E-state index in [9.17, 15) is 17.6 Å². The van der Waals surface area contributed by atoms with Gasteiger partial charge in [0, 0.05) is 20.7 Å². The summed E-state index contributed by atoms with van der Waals surface area (Å²) in [6, 6.07) is 3.90. The van der Waals surface area contributed by atoms with Gasteiger partial charge in [-0.05, 0) is 44.9 Å². The third-order valence-corrected chi connectivity index (χ3v) is 8.33. The van der Waals surface area contributed by atoms with Crippen LogP contribution in [0.15, 0.2) is 18.2 Å². The van der Waals surface area contributed by atoms with Crippen molar-refractivity contribution in [3.8, 4) is 0 Å². The molecule has 2 unspecified atom stereocenters. The molecule has 0 spiro atoms. The number of hydrogen-bond acceptors (Lipinski definition) is 4. The smallest absolute Gasteiger partial charge is 0.410 e. The van der Waals surface area contributed by atoms with E-state index in [0.29, 0.717) is 23.6 Å². The van der Waals surface area contributed by atoms with Crippen molar-refractivity contribution in [3.05, 3.63) is 35.1 Å². The predicted molar refractivity (Wildman–Crippen MR) is 116 cm³/mol. The van der Waals surface area contributed by atoms with Crippen LogP contribution in [-0.4, -0.2) is 51.9 Å². The highest BCUT2D eigenvalue weighted by Gasteiger charge is 2.42. The number of nitrogens with one attached hydrogen (secondary N) is 1. The summed E-state index contributed by atoms with van der Waals surface area (Å²) >= 11 is 0. The molecule has 0 heterocycles. The van der Waals surface area contributed by atoms with Crippen LogP contribution < -0.4 is 4.72 Å². The molecular weight excluding hydrogens is 411 g/mol. The van der Waals surface area contributed by atoms with Crippen molar-refractivity contribution in [2.24, 2.45) is 0 Å². The number of nitrogens with zero attached hydrogens (tertiary/aromatic N) is 1. The number of ether oxygens (including phenoxy) is 1. The summed E-state index contributed by atoms with van der Waals surface area (Å²) in [5, 5.41) is 0. The van der Waals surface area contributed by atoms with Crippen LogP contribution in [0.3, 0.4) is 0 Å². The van der Waals surface area contributed by atoms with Crippen molar-refractivity contribution in [1.29, 1.82) is 0 Å². The zero-order valence-electron chi connectivity index (χ0n) is 18.4. The van der Waals surface area contributed by atoms with Crippen LogP contribution in [0, 0.1) is 5.82 Å². The van der Waals surface area contributed by atoms with Gasteiger partial charge in [0.05, 0.1) is 17.8 Å². The normalized spacial score (nSPS) is 19.7. The molecule has 1 amide bonds. The van der Waals surface area contributed by atoms with Gasteiger partial charge < -0.3 is 9.64 Å². The topological polar surface area (TPSA) is 75.7 Å². The molecule has 1 aromatic carbocycles. The lowest BCUT2D eigenvalue weighted by molar-refractivity contribution is 0.0198. The van der Waals surface area contributed by atoms with Crippen molar-refractivity contribution in [1.82, 2.24) is 9.62 Å². The third kappa shape index (κ3) is 6.52. The van der Waals surface area contributed by atoms with E-state index in [4.69, 9.17) is 4.74 Å². The number of likely N-dealkylation sites (N-methyl/N-ethyl adjacent to an activating group) is 1. The maximum absolute atomic E-state index is 14.7. The number of carbonyl (C=O) groups is 1. The second-order valence-corrected chi connectivity index (χ2v) is 17.4. The zero-order chi connectivity index (χ0) is 22.2. The maximum Gasteiger partial charge on any atom is 0.410 e. The number of halogens is 1. The van der Waals surface area contributed by atoms with Gasteiger partial charge in [-0.15, -0.1) is 0 Å². The summed E-state index contributed by atoms with van der Waals surface area (Å²) in [5.41, 5.74) is 0.330. The van der Waals surface area contributed by atoms with Gasteiger partial charge in [0.15, 0.2) is 0 Å². The number of sulfonamides is 1. The molecule has 9 heteroatoms. The van der Waals surface area contributed by atoms with Crippen molar-refractivity contribution >= 4 is 24.2 Å². The number of rotatable bonds is 6. The van der Waals surface area contributed by atoms with Crippen LogP contribution in [-0.2, 0) is 21.2 Å². The Bertz CT molecular complexity index is 862. The van der Waals surface area contributed by atoms with Gasteiger partial charge in [-0.25, -0.2) is 22.3 Å². The Morgan fingerprint density at radius 3 is 2.48 bits per heavy atom. The second-order valence-electron chi connectivity index (χ2n) is 9.91. The fraction of sp³-hybridized carbons (Fsp3) is 0.650. The molecule has 1 aliphatic rings. The lowest BCUT2D eigenvalue weighted by Crippen LogP contribution is -2.47. The Hall–Kier alpha value is -1.45. The summed E-state index contributed by atoms with van der Waals surface area (Å²) in [7, 11) is -3.60. The molecule has 164 valence electrons. The SMILES string of the molecule is CN(C(=O)OC(C)(C)C)C1c2c(F)cccc2CC1NS(=O)(=O)CC[Si](C)(C)C. The summed E-state index contributed by atoms with van der Waals surface area (Å²) in [6.07, 6.45) is -0.304. The standard InChI is InChI=1S/C20H33FN2O4SSi/c1-20(2,3)27-19(24)23(4)18-16(13-14-9-8-10-15(21)17(14)18)22-28(25,26)11-12-29(5,6)7/h8-10,16,18,22H,11-13H2,1-7H3. The van der Waals surface area contributed by atoms with E-state index < -0.39 is 47.7 Å². The first kappa shape index (κ1) is 23.8. The predicted octanol–water partition coefficient (Wildman–Crippen LogP) is 3.92. The molecule has 6 nitrogen and oxygen atoms in total. The van der Waals surface area contributed by atoms with E-state index >= 15 is 0 Å². The molecule has 0 fully saturated rings. The van der Waals surface area contributed by atoms with Crippen molar-refractivity contribution in [2.45, 2.75) is 70.6 Å². The number of hydrogen-bond donors (Lipinski definition) is 1. The van der Waals surface area contributed by atoms with Gasteiger partial charge in [-0.1, -0.05) is 31.8 Å². The largest absolute Gasteiger partial charge is 0.444 e. The van der Waals surface area contributed by atoms with Gasteiger partial charge in [0.2, 0.25) is 10.0 Å².